The Kier molecular flexibility index (Phi) is 6.62. The van der Waals surface area contributed by atoms with Crippen molar-refractivity contribution in [2.75, 3.05) is 7.11 Å². The van der Waals surface area contributed by atoms with Crippen LogP contribution in [-0.4, -0.2) is 25.0 Å². The molecule has 3 atom stereocenters. The maximum absolute atomic E-state index is 12.7. The van der Waals surface area contributed by atoms with E-state index >= 15 is 0 Å². The standard InChI is InChI=1S/C26H29NO3/c1-5-26(2,3)23(25(29)30-4)27-24(28)20-14-11-18(12-15-20)13-16-21-17-22(21)19-9-7-6-8-10-19/h6-12,14-15,21-23H,5,17H2,1-4H3,(H,27,28)/t21?,22?,23-/m1/s1. The third kappa shape index (κ3) is 5.10. The van der Waals surface area contributed by atoms with Crippen LogP contribution in [0.25, 0.3) is 0 Å². The lowest BCUT2D eigenvalue weighted by atomic mass is 9.81. The number of amides is 1. The zero-order valence-corrected chi connectivity index (χ0v) is 18.1. The largest absolute Gasteiger partial charge is 0.467 e. The van der Waals surface area contributed by atoms with Crippen molar-refractivity contribution in [1.29, 1.82) is 0 Å². The van der Waals surface area contributed by atoms with Gasteiger partial charge in [-0.1, -0.05) is 62.9 Å². The maximum atomic E-state index is 12.7. The minimum absolute atomic E-state index is 0.294. The molecule has 156 valence electrons. The Labute approximate surface area is 179 Å². The van der Waals surface area contributed by atoms with Crippen LogP contribution in [0, 0.1) is 23.2 Å². The third-order valence-corrected chi connectivity index (χ3v) is 5.97. The summed E-state index contributed by atoms with van der Waals surface area (Å²) in [6.07, 6.45) is 1.83. The highest BCUT2D eigenvalue weighted by molar-refractivity contribution is 5.97. The summed E-state index contributed by atoms with van der Waals surface area (Å²) in [5, 5.41) is 2.83. The van der Waals surface area contributed by atoms with E-state index in [1.807, 2.05) is 39.0 Å². The Morgan fingerprint density at radius 3 is 2.40 bits per heavy atom. The molecular weight excluding hydrogens is 374 g/mol. The summed E-state index contributed by atoms with van der Waals surface area (Å²) in [4.78, 5) is 24.8. The van der Waals surface area contributed by atoms with Crippen molar-refractivity contribution in [1.82, 2.24) is 5.32 Å². The van der Waals surface area contributed by atoms with E-state index in [1.165, 1.54) is 12.7 Å². The van der Waals surface area contributed by atoms with Crippen molar-refractivity contribution in [3.63, 3.8) is 0 Å². The first-order chi connectivity index (χ1) is 14.4. The first-order valence-electron chi connectivity index (χ1n) is 10.4. The van der Waals surface area contributed by atoms with Crippen LogP contribution < -0.4 is 5.32 Å². The molecule has 4 heteroatoms. The first-order valence-corrected chi connectivity index (χ1v) is 10.4. The number of carbonyl (C=O) groups is 2. The van der Waals surface area contributed by atoms with Gasteiger partial charge in [-0.15, -0.1) is 0 Å². The van der Waals surface area contributed by atoms with Crippen LogP contribution in [-0.2, 0) is 9.53 Å². The van der Waals surface area contributed by atoms with E-state index in [0.29, 0.717) is 17.4 Å². The molecule has 1 aliphatic rings. The fraction of sp³-hybridized carbons (Fsp3) is 0.385. The fourth-order valence-corrected chi connectivity index (χ4v) is 3.41. The van der Waals surface area contributed by atoms with Gasteiger partial charge in [0.2, 0.25) is 0 Å². The lowest BCUT2D eigenvalue weighted by molar-refractivity contribution is -0.146. The van der Waals surface area contributed by atoms with Gasteiger partial charge >= 0.3 is 5.97 Å². The second kappa shape index (κ2) is 9.17. The quantitative estimate of drug-likeness (QED) is 0.569. The lowest BCUT2D eigenvalue weighted by Gasteiger charge is -2.31. The van der Waals surface area contributed by atoms with Gasteiger partial charge in [-0.3, -0.25) is 4.79 Å². The van der Waals surface area contributed by atoms with Gasteiger partial charge in [0.05, 0.1) is 7.11 Å². The van der Waals surface area contributed by atoms with E-state index in [-0.39, 0.29) is 5.91 Å². The molecule has 2 unspecified atom stereocenters. The molecule has 1 aliphatic carbocycles. The Morgan fingerprint density at radius 1 is 1.13 bits per heavy atom. The zero-order valence-electron chi connectivity index (χ0n) is 18.1. The molecule has 0 heterocycles. The van der Waals surface area contributed by atoms with Gasteiger partial charge in [0, 0.05) is 17.0 Å². The summed E-state index contributed by atoms with van der Waals surface area (Å²) in [5.41, 5.74) is 2.31. The van der Waals surface area contributed by atoms with Gasteiger partial charge in [0.15, 0.2) is 0 Å². The van der Waals surface area contributed by atoms with Crippen molar-refractivity contribution < 1.29 is 14.3 Å². The Hall–Kier alpha value is -3.06. The molecule has 3 rings (SSSR count). The number of hydrogen-bond acceptors (Lipinski definition) is 3. The van der Waals surface area contributed by atoms with Gasteiger partial charge in [0.1, 0.15) is 6.04 Å². The molecule has 0 bridgehead atoms. The highest BCUT2D eigenvalue weighted by Crippen LogP contribution is 2.46. The molecule has 1 amide bonds. The average molecular weight is 404 g/mol. The second-order valence-corrected chi connectivity index (χ2v) is 8.48. The topological polar surface area (TPSA) is 55.4 Å². The summed E-state index contributed by atoms with van der Waals surface area (Å²) in [7, 11) is 1.34. The average Bonchev–Trinajstić information content (AvgIpc) is 3.56. The van der Waals surface area contributed by atoms with Crippen LogP contribution in [0.2, 0.25) is 0 Å². The van der Waals surface area contributed by atoms with E-state index in [0.717, 1.165) is 18.4 Å². The van der Waals surface area contributed by atoms with Crippen molar-refractivity contribution >= 4 is 11.9 Å². The highest BCUT2D eigenvalue weighted by Gasteiger charge is 2.37. The van der Waals surface area contributed by atoms with Crippen LogP contribution in [0.1, 0.15) is 61.0 Å². The molecule has 0 aromatic heterocycles. The molecule has 1 N–H and O–H groups in total. The third-order valence-electron chi connectivity index (χ3n) is 5.97. The van der Waals surface area contributed by atoms with Crippen LogP contribution in [0.4, 0.5) is 0 Å². The Balaban J connectivity index is 1.63. The highest BCUT2D eigenvalue weighted by atomic mass is 16.5. The number of methoxy groups -OCH3 is 1. The lowest BCUT2D eigenvalue weighted by Crippen LogP contribution is -2.50. The molecule has 30 heavy (non-hydrogen) atoms. The molecular formula is C26H29NO3. The molecule has 2 aromatic carbocycles. The monoisotopic (exact) mass is 403 g/mol. The molecule has 2 aromatic rings. The maximum Gasteiger partial charge on any atom is 0.328 e. The molecule has 4 nitrogen and oxygen atoms in total. The first kappa shape index (κ1) is 21.6. The second-order valence-electron chi connectivity index (χ2n) is 8.48. The predicted molar refractivity (Wildman–Crippen MR) is 118 cm³/mol. The number of rotatable bonds is 6. The number of nitrogens with one attached hydrogen (secondary N) is 1. The fourth-order valence-electron chi connectivity index (χ4n) is 3.41. The Bertz CT molecular complexity index is 951. The molecule has 1 fully saturated rings. The normalized spacial score (nSPS) is 18.5. The number of ether oxygens (including phenoxy) is 1. The minimum Gasteiger partial charge on any atom is -0.467 e. The van der Waals surface area contributed by atoms with Crippen molar-refractivity contribution in [2.24, 2.45) is 11.3 Å². The van der Waals surface area contributed by atoms with Crippen LogP contribution in [0.5, 0.6) is 0 Å². The van der Waals surface area contributed by atoms with Gasteiger partial charge in [-0.2, -0.15) is 0 Å². The molecule has 0 radical (unpaired) electrons. The van der Waals surface area contributed by atoms with E-state index in [2.05, 4.69) is 41.4 Å². The van der Waals surface area contributed by atoms with Gasteiger partial charge in [-0.05, 0) is 54.0 Å². The molecule has 0 saturated heterocycles. The summed E-state index contributed by atoms with van der Waals surface area (Å²) in [6.45, 7) is 5.86. The zero-order chi connectivity index (χ0) is 21.7. The van der Waals surface area contributed by atoms with Gasteiger partial charge in [-0.25, -0.2) is 4.79 Å². The summed E-state index contributed by atoms with van der Waals surface area (Å²) < 4.78 is 4.89. The molecule has 0 spiro atoms. The van der Waals surface area contributed by atoms with Crippen molar-refractivity contribution in [2.45, 2.75) is 45.6 Å². The summed E-state index contributed by atoms with van der Waals surface area (Å²) in [5.74, 6) is 6.75. The number of benzene rings is 2. The van der Waals surface area contributed by atoms with E-state index in [9.17, 15) is 9.59 Å². The number of carbonyl (C=O) groups excluding carboxylic acids is 2. The predicted octanol–water partition coefficient (Wildman–Crippen LogP) is 4.55. The molecule has 0 aliphatic heterocycles. The number of esters is 1. The van der Waals surface area contributed by atoms with Gasteiger partial charge in [0.25, 0.3) is 5.91 Å². The van der Waals surface area contributed by atoms with Crippen LogP contribution >= 0.6 is 0 Å². The Morgan fingerprint density at radius 2 is 1.80 bits per heavy atom. The summed E-state index contributed by atoms with van der Waals surface area (Å²) in [6, 6.07) is 16.9. The summed E-state index contributed by atoms with van der Waals surface area (Å²) >= 11 is 0. The van der Waals surface area contributed by atoms with Crippen molar-refractivity contribution in [3.05, 3.63) is 71.3 Å². The number of hydrogen-bond donors (Lipinski definition) is 1. The minimum atomic E-state index is -0.704. The molecule has 1 saturated carbocycles. The van der Waals surface area contributed by atoms with Crippen LogP contribution in [0.15, 0.2) is 54.6 Å². The van der Waals surface area contributed by atoms with Gasteiger partial charge < -0.3 is 10.1 Å². The van der Waals surface area contributed by atoms with Crippen molar-refractivity contribution in [3.8, 4) is 11.8 Å². The smallest absolute Gasteiger partial charge is 0.328 e. The van der Waals surface area contributed by atoms with E-state index in [4.69, 9.17) is 4.74 Å². The van der Waals surface area contributed by atoms with E-state index < -0.39 is 17.4 Å². The van der Waals surface area contributed by atoms with Crippen LogP contribution in [0.3, 0.4) is 0 Å². The van der Waals surface area contributed by atoms with E-state index in [1.54, 1.807) is 12.1 Å². The SMILES string of the molecule is CCC(C)(C)[C@H](NC(=O)c1ccc(C#CC2CC2c2ccccc2)cc1)C(=O)OC.